The van der Waals surface area contributed by atoms with Crippen molar-refractivity contribution in [2.75, 3.05) is 19.6 Å². The van der Waals surface area contributed by atoms with E-state index in [0.717, 1.165) is 32.5 Å². The minimum atomic E-state index is -0.0953. The molecule has 1 aliphatic heterocycles. The van der Waals surface area contributed by atoms with E-state index in [1.54, 1.807) is 6.20 Å². The highest BCUT2D eigenvalue weighted by Crippen LogP contribution is 2.51. The molecule has 0 spiro atoms. The smallest absolute Gasteiger partial charge is 0.273 e. The summed E-state index contributed by atoms with van der Waals surface area (Å²) in [6, 6.07) is 0.366. The maximum absolute atomic E-state index is 12.2. The molecule has 2 fully saturated rings. The second-order valence-electron chi connectivity index (χ2n) is 6.76. The van der Waals surface area contributed by atoms with Crippen molar-refractivity contribution in [3.8, 4) is 0 Å². The summed E-state index contributed by atoms with van der Waals surface area (Å²) in [5, 5.41) is 14.5. The minimum Gasteiger partial charge on any atom is -0.350 e. The number of rotatable bonds is 5. The molecule has 21 heavy (non-hydrogen) atoms. The molecule has 6 heteroatoms. The molecule has 0 radical (unpaired) electrons. The number of carbonyl (C=O) groups excluding carboxylic acids is 1. The van der Waals surface area contributed by atoms with Crippen molar-refractivity contribution in [3.05, 3.63) is 11.9 Å². The van der Waals surface area contributed by atoms with Gasteiger partial charge in [-0.25, -0.2) is 4.68 Å². The van der Waals surface area contributed by atoms with Crippen LogP contribution in [0.3, 0.4) is 0 Å². The molecule has 6 nitrogen and oxygen atoms in total. The van der Waals surface area contributed by atoms with Gasteiger partial charge in [-0.2, -0.15) is 0 Å². The maximum atomic E-state index is 12.2. The van der Waals surface area contributed by atoms with Gasteiger partial charge in [0.1, 0.15) is 0 Å². The first-order valence-electron chi connectivity index (χ1n) is 8.01. The first-order chi connectivity index (χ1) is 10.1. The molecule has 0 bridgehead atoms. The van der Waals surface area contributed by atoms with Gasteiger partial charge in [0, 0.05) is 6.54 Å². The third-order valence-electron chi connectivity index (χ3n) is 5.14. The Morgan fingerprint density at radius 2 is 2.19 bits per heavy atom. The van der Waals surface area contributed by atoms with E-state index < -0.39 is 0 Å². The second-order valence-corrected chi connectivity index (χ2v) is 6.76. The van der Waals surface area contributed by atoms with Gasteiger partial charge in [-0.15, -0.1) is 5.10 Å². The van der Waals surface area contributed by atoms with E-state index in [4.69, 9.17) is 0 Å². The zero-order chi connectivity index (χ0) is 14.9. The number of piperidine rings is 1. The number of nitrogens with one attached hydrogen (secondary N) is 2. The highest BCUT2D eigenvalue weighted by atomic mass is 16.2. The Morgan fingerprint density at radius 3 is 2.81 bits per heavy atom. The van der Waals surface area contributed by atoms with Crippen molar-refractivity contribution < 1.29 is 4.79 Å². The summed E-state index contributed by atoms with van der Waals surface area (Å²) in [6.45, 7) is 7.22. The molecule has 1 amide bonds. The lowest BCUT2D eigenvalue weighted by Crippen LogP contribution is -2.32. The van der Waals surface area contributed by atoms with Crippen molar-refractivity contribution in [2.45, 2.75) is 45.6 Å². The number of amides is 1. The van der Waals surface area contributed by atoms with Gasteiger partial charge < -0.3 is 10.6 Å². The lowest BCUT2D eigenvalue weighted by atomic mass is 9.92. The van der Waals surface area contributed by atoms with Crippen LogP contribution < -0.4 is 10.6 Å². The summed E-state index contributed by atoms with van der Waals surface area (Å²) in [5.41, 5.74) is 0.758. The van der Waals surface area contributed by atoms with Crippen LogP contribution in [0.2, 0.25) is 0 Å². The van der Waals surface area contributed by atoms with Crippen LogP contribution in [0.4, 0.5) is 0 Å². The Hall–Kier alpha value is -1.43. The van der Waals surface area contributed by atoms with E-state index in [1.807, 2.05) is 4.68 Å². The molecule has 1 saturated carbocycles. The van der Waals surface area contributed by atoms with Crippen LogP contribution in [-0.2, 0) is 0 Å². The Morgan fingerprint density at radius 1 is 1.48 bits per heavy atom. The molecular formula is C15H25N5O. The fourth-order valence-electron chi connectivity index (χ4n) is 3.10. The van der Waals surface area contributed by atoms with Gasteiger partial charge in [-0.1, -0.05) is 19.1 Å². The number of hydrogen-bond acceptors (Lipinski definition) is 4. The Labute approximate surface area is 125 Å². The minimum absolute atomic E-state index is 0.0953. The molecule has 1 saturated heterocycles. The van der Waals surface area contributed by atoms with E-state index in [1.165, 1.54) is 12.8 Å². The standard InChI is InChI=1S/C15H25N5O/c1-11(2)15(5-6-15)10-17-14(21)13-9-20(19-18-13)12-3-7-16-8-4-12/h9,11-12,16H,3-8,10H2,1-2H3,(H,17,21). The Balaban J connectivity index is 1.56. The summed E-state index contributed by atoms with van der Waals surface area (Å²) < 4.78 is 1.85. The number of carbonyl (C=O) groups is 1. The van der Waals surface area contributed by atoms with E-state index in [0.29, 0.717) is 23.1 Å². The molecular weight excluding hydrogens is 266 g/mol. The van der Waals surface area contributed by atoms with Crippen molar-refractivity contribution in [1.29, 1.82) is 0 Å². The zero-order valence-corrected chi connectivity index (χ0v) is 12.9. The van der Waals surface area contributed by atoms with E-state index >= 15 is 0 Å². The summed E-state index contributed by atoms with van der Waals surface area (Å²) in [6.07, 6.45) is 6.31. The van der Waals surface area contributed by atoms with Crippen molar-refractivity contribution in [2.24, 2.45) is 11.3 Å². The highest BCUT2D eigenvalue weighted by Gasteiger charge is 2.45. The van der Waals surface area contributed by atoms with Gasteiger partial charge >= 0.3 is 0 Å². The van der Waals surface area contributed by atoms with Crippen LogP contribution in [0.1, 0.15) is 56.1 Å². The molecule has 116 valence electrons. The highest BCUT2D eigenvalue weighted by molar-refractivity contribution is 5.91. The van der Waals surface area contributed by atoms with Crippen LogP contribution in [0.5, 0.6) is 0 Å². The molecule has 2 aliphatic rings. The summed E-state index contributed by atoms with van der Waals surface area (Å²) in [5.74, 6) is 0.519. The summed E-state index contributed by atoms with van der Waals surface area (Å²) in [4.78, 5) is 12.2. The van der Waals surface area contributed by atoms with E-state index in [9.17, 15) is 4.79 Å². The molecule has 3 rings (SSSR count). The van der Waals surface area contributed by atoms with Gasteiger partial charge in [-0.05, 0) is 50.1 Å². The maximum Gasteiger partial charge on any atom is 0.273 e. The van der Waals surface area contributed by atoms with Gasteiger partial charge in [0.25, 0.3) is 5.91 Å². The predicted molar refractivity (Wildman–Crippen MR) is 80.0 cm³/mol. The molecule has 1 aromatic heterocycles. The summed E-state index contributed by atoms with van der Waals surface area (Å²) in [7, 11) is 0. The van der Waals surface area contributed by atoms with Crippen LogP contribution in [-0.4, -0.2) is 40.5 Å². The first kappa shape index (κ1) is 14.5. The fourth-order valence-corrected chi connectivity index (χ4v) is 3.10. The van der Waals surface area contributed by atoms with Crippen LogP contribution in [0.15, 0.2) is 6.20 Å². The lowest BCUT2D eigenvalue weighted by molar-refractivity contribution is 0.0934. The molecule has 2 heterocycles. The van der Waals surface area contributed by atoms with Gasteiger partial charge in [0.2, 0.25) is 0 Å². The number of hydrogen-bond donors (Lipinski definition) is 2. The SMILES string of the molecule is CC(C)C1(CNC(=O)c2cn(C3CCNCC3)nn2)CC1. The van der Waals surface area contributed by atoms with Gasteiger partial charge in [-0.3, -0.25) is 4.79 Å². The van der Waals surface area contributed by atoms with E-state index in [-0.39, 0.29) is 5.91 Å². The zero-order valence-electron chi connectivity index (χ0n) is 12.9. The first-order valence-corrected chi connectivity index (χ1v) is 8.01. The molecule has 1 aromatic rings. The third kappa shape index (κ3) is 3.10. The quantitative estimate of drug-likeness (QED) is 0.859. The van der Waals surface area contributed by atoms with Crippen LogP contribution in [0, 0.1) is 11.3 Å². The molecule has 1 aliphatic carbocycles. The van der Waals surface area contributed by atoms with Crippen molar-refractivity contribution in [1.82, 2.24) is 25.6 Å². The molecule has 0 aromatic carbocycles. The van der Waals surface area contributed by atoms with E-state index in [2.05, 4.69) is 34.8 Å². The number of nitrogens with zero attached hydrogens (tertiary/aromatic N) is 3. The average molecular weight is 291 g/mol. The number of aromatic nitrogens is 3. The molecule has 2 N–H and O–H groups in total. The fraction of sp³-hybridized carbons (Fsp3) is 0.800. The van der Waals surface area contributed by atoms with Gasteiger partial charge in [0.05, 0.1) is 12.2 Å². The molecule has 0 atom stereocenters. The monoisotopic (exact) mass is 291 g/mol. The largest absolute Gasteiger partial charge is 0.350 e. The van der Waals surface area contributed by atoms with Crippen molar-refractivity contribution >= 4 is 5.91 Å². The average Bonchev–Trinajstić information content (AvgIpc) is 3.14. The van der Waals surface area contributed by atoms with Crippen LogP contribution in [0.25, 0.3) is 0 Å². The van der Waals surface area contributed by atoms with Gasteiger partial charge in [0.15, 0.2) is 5.69 Å². The Kier molecular flexibility index (Phi) is 3.97. The molecule has 0 unspecified atom stereocenters. The third-order valence-corrected chi connectivity index (χ3v) is 5.14. The lowest BCUT2D eigenvalue weighted by Gasteiger charge is -2.22. The Bertz CT molecular complexity index is 500. The second kappa shape index (κ2) is 5.75. The predicted octanol–water partition coefficient (Wildman–Crippen LogP) is 1.37. The summed E-state index contributed by atoms with van der Waals surface area (Å²) >= 11 is 0. The normalized spacial score (nSPS) is 21.5. The van der Waals surface area contributed by atoms with Crippen molar-refractivity contribution in [3.63, 3.8) is 0 Å². The van der Waals surface area contributed by atoms with Crippen LogP contribution >= 0.6 is 0 Å². The topological polar surface area (TPSA) is 71.8 Å².